The third kappa shape index (κ3) is 3.99. The lowest BCUT2D eigenvalue weighted by Gasteiger charge is -2.20. The summed E-state index contributed by atoms with van der Waals surface area (Å²) in [4.78, 5) is 16.0. The molecule has 0 saturated heterocycles. The van der Waals surface area contributed by atoms with Crippen molar-refractivity contribution in [2.45, 2.75) is 25.6 Å². The monoisotopic (exact) mass is 435 g/mol. The minimum Gasteiger partial charge on any atom is -0.455 e. The lowest BCUT2D eigenvalue weighted by Crippen LogP contribution is -2.24. The fraction of sp³-hybridized carbons (Fsp3) is 0.278. The molecule has 3 aromatic heterocycles. The van der Waals surface area contributed by atoms with Gasteiger partial charge in [-0.25, -0.2) is 9.55 Å². The van der Waals surface area contributed by atoms with Gasteiger partial charge < -0.3 is 20.1 Å². The number of ether oxygens (including phenoxy) is 1. The van der Waals surface area contributed by atoms with Crippen molar-refractivity contribution in [1.82, 2.24) is 29.7 Å². The number of aryl methyl sites for hydroxylation is 1. The zero-order chi connectivity index (χ0) is 22.4. The van der Waals surface area contributed by atoms with Crippen molar-refractivity contribution >= 4 is 17.0 Å². The summed E-state index contributed by atoms with van der Waals surface area (Å²) < 4.78 is 49.3. The van der Waals surface area contributed by atoms with Crippen LogP contribution in [0.1, 0.15) is 24.2 Å². The van der Waals surface area contributed by atoms with Crippen LogP contribution >= 0.6 is 0 Å². The molecule has 0 fully saturated rings. The molecule has 162 valence electrons. The van der Waals surface area contributed by atoms with Crippen LogP contribution < -0.4 is 10.5 Å². The zero-order valence-electron chi connectivity index (χ0n) is 16.3. The maximum absolute atomic E-state index is 12.7. The van der Waals surface area contributed by atoms with E-state index < -0.39 is 18.4 Å². The molecule has 0 aliphatic heterocycles. The van der Waals surface area contributed by atoms with E-state index in [2.05, 4.69) is 25.1 Å². The van der Waals surface area contributed by atoms with Crippen molar-refractivity contribution in [3.63, 3.8) is 0 Å². The Morgan fingerprint density at radius 1 is 1.19 bits per heavy atom. The smallest absolute Gasteiger partial charge is 0.422 e. The highest BCUT2D eigenvalue weighted by Gasteiger charge is 2.33. The summed E-state index contributed by atoms with van der Waals surface area (Å²) in [6, 6.07) is 5.68. The lowest BCUT2D eigenvalue weighted by molar-refractivity contribution is -0.154. The van der Waals surface area contributed by atoms with Gasteiger partial charge in [-0.05, 0) is 24.6 Å². The van der Waals surface area contributed by atoms with Crippen LogP contribution in [0.25, 0.3) is 16.9 Å². The summed E-state index contributed by atoms with van der Waals surface area (Å²) in [7, 11) is 0. The molecule has 0 aliphatic rings. The molecule has 4 rings (SSSR count). The molecule has 1 atom stereocenters. The highest BCUT2D eigenvalue weighted by molar-refractivity contribution is 5.80. The number of fused-ring (bicyclic) bond motifs is 1. The standard InChI is InChI=1S/C18H16F3N7O3/c1-9-24-14(27-31-9)17(2,29)10-3-4-11-12(7-10)28(13-5-6-23-15(22)26-13)16(25-11)30-8-18(19,20)21/h3-7,29H,8H2,1-2H3,(H2,22,23,26). The third-order valence-electron chi connectivity index (χ3n) is 4.40. The predicted molar refractivity (Wildman–Crippen MR) is 100 cm³/mol. The average Bonchev–Trinajstić information content (AvgIpc) is 3.29. The molecule has 10 nitrogen and oxygen atoms in total. The number of hydrogen-bond donors (Lipinski definition) is 2. The first-order valence-electron chi connectivity index (χ1n) is 8.89. The third-order valence-corrected chi connectivity index (χ3v) is 4.40. The topological polar surface area (TPSA) is 138 Å². The lowest BCUT2D eigenvalue weighted by atomic mass is 9.95. The molecular formula is C18H16F3N7O3. The second kappa shape index (κ2) is 7.19. The molecule has 0 spiro atoms. The first-order valence-corrected chi connectivity index (χ1v) is 8.89. The van der Waals surface area contributed by atoms with E-state index in [1.54, 1.807) is 13.0 Å². The molecule has 1 unspecified atom stereocenters. The van der Waals surface area contributed by atoms with Gasteiger partial charge in [0.2, 0.25) is 17.7 Å². The Labute approximate surface area is 172 Å². The molecule has 0 bridgehead atoms. The fourth-order valence-electron chi connectivity index (χ4n) is 2.93. The van der Waals surface area contributed by atoms with E-state index >= 15 is 0 Å². The molecule has 0 amide bonds. The number of nitrogens with two attached hydrogens (primary N) is 1. The van der Waals surface area contributed by atoms with Crippen LogP contribution in [0.3, 0.4) is 0 Å². The Bertz CT molecular complexity index is 1250. The van der Waals surface area contributed by atoms with E-state index in [1.807, 2.05) is 0 Å². The van der Waals surface area contributed by atoms with E-state index in [1.165, 1.54) is 35.9 Å². The van der Waals surface area contributed by atoms with Crippen molar-refractivity contribution in [3.8, 4) is 11.8 Å². The van der Waals surface area contributed by atoms with Crippen molar-refractivity contribution in [1.29, 1.82) is 0 Å². The van der Waals surface area contributed by atoms with Gasteiger partial charge in [-0.2, -0.15) is 28.1 Å². The Balaban J connectivity index is 1.88. The summed E-state index contributed by atoms with van der Waals surface area (Å²) in [5, 5.41) is 14.8. The van der Waals surface area contributed by atoms with Crippen LogP contribution in [0.4, 0.5) is 19.1 Å². The molecule has 13 heteroatoms. The molecule has 3 heterocycles. The second-order valence-electron chi connectivity index (χ2n) is 6.82. The molecule has 0 saturated carbocycles. The fourth-order valence-corrected chi connectivity index (χ4v) is 2.93. The normalized spacial score (nSPS) is 14.0. The van der Waals surface area contributed by atoms with Crippen LogP contribution in [-0.2, 0) is 5.60 Å². The summed E-state index contributed by atoms with van der Waals surface area (Å²) in [6.45, 7) is 1.49. The number of imidazole rings is 1. The highest BCUT2D eigenvalue weighted by Crippen LogP contribution is 2.33. The maximum Gasteiger partial charge on any atom is 0.422 e. The number of alkyl halides is 3. The first-order chi connectivity index (χ1) is 14.5. The average molecular weight is 435 g/mol. The first kappa shape index (κ1) is 20.5. The van der Waals surface area contributed by atoms with Gasteiger partial charge in [-0.1, -0.05) is 11.2 Å². The molecule has 1 aromatic carbocycles. The predicted octanol–water partition coefficient (Wildman–Crippen LogP) is 2.29. The van der Waals surface area contributed by atoms with Crippen LogP contribution in [0.15, 0.2) is 35.0 Å². The summed E-state index contributed by atoms with van der Waals surface area (Å²) in [5.74, 6) is 0.335. The Kier molecular flexibility index (Phi) is 4.76. The van der Waals surface area contributed by atoms with Crippen molar-refractivity contribution in [3.05, 3.63) is 47.7 Å². The van der Waals surface area contributed by atoms with Crippen LogP contribution in [-0.4, -0.2) is 47.5 Å². The maximum atomic E-state index is 12.7. The van der Waals surface area contributed by atoms with Gasteiger partial charge in [0.15, 0.2) is 6.61 Å². The molecule has 0 radical (unpaired) electrons. The van der Waals surface area contributed by atoms with E-state index in [0.29, 0.717) is 16.6 Å². The highest BCUT2D eigenvalue weighted by atomic mass is 19.4. The number of aromatic nitrogens is 6. The number of aliphatic hydroxyl groups is 1. The van der Waals surface area contributed by atoms with Gasteiger partial charge in [0.1, 0.15) is 11.4 Å². The van der Waals surface area contributed by atoms with E-state index in [9.17, 15) is 18.3 Å². The van der Waals surface area contributed by atoms with Gasteiger partial charge in [-0.3, -0.25) is 0 Å². The van der Waals surface area contributed by atoms with Crippen LogP contribution in [0.5, 0.6) is 6.01 Å². The minimum atomic E-state index is -4.57. The Morgan fingerprint density at radius 3 is 2.61 bits per heavy atom. The molecule has 4 aromatic rings. The van der Waals surface area contributed by atoms with Gasteiger partial charge >= 0.3 is 12.2 Å². The number of hydrogen-bond acceptors (Lipinski definition) is 9. The Morgan fingerprint density at radius 2 is 1.97 bits per heavy atom. The summed E-state index contributed by atoms with van der Waals surface area (Å²) in [5.41, 5.74) is 4.94. The van der Waals surface area contributed by atoms with Crippen molar-refractivity contribution in [2.75, 3.05) is 12.3 Å². The molecule has 31 heavy (non-hydrogen) atoms. The number of nitrogen functional groups attached to an aromatic ring is 1. The number of rotatable bonds is 5. The summed E-state index contributed by atoms with van der Waals surface area (Å²) in [6.07, 6.45) is -3.22. The minimum absolute atomic E-state index is 0.0234. The quantitative estimate of drug-likeness (QED) is 0.483. The van der Waals surface area contributed by atoms with E-state index in [-0.39, 0.29) is 29.5 Å². The van der Waals surface area contributed by atoms with Gasteiger partial charge in [-0.15, -0.1) is 0 Å². The van der Waals surface area contributed by atoms with Crippen LogP contribution in [0, 0.1) is 6.92 Å². The van der Waals surface area contributed by atoms with E-state index in [0.717, 1.165) is 0 Å². The summed E-state index contributed by atoms with van der Waals surface area (Å²) >= 11 is 0. The number of anilines is 1. The van der Waals surface area contributed by atoms with Crippen molar-refractivity contribution < 1.29 is 27.5 Å². The van der Waals surface area contributed by atoms with Gasteiger partial charge in [0.25, 0.3) is 0 Å². The van der Waals surface area contributed by atoms with Crippen molar-refractivity contribution in [2.24, 2.45) is 0 Å². The molecular weight excluding hydrogens is 419 g/mol. The zero-order valence-corrected chi connectivity index (χ0v) is 16.3. The SMILES string of the molecule is Cc1nc(C(C)(O)c2ccc3nc(OCC(F)(F)F)n(-c4ccnc(N)n4)c3c2)no1. The molecule has 3 N–H and O–H groups in total. The number of nitrogens with zero attached hydrogens (tertiary/aromatic N) is 6. The van der Waals surface area contributed by atoms with E-state index in [4.69, 9.17) is 15.0 Å². The number of halogens is 3. The second-order valence-corrected chi connectivity index (χ2v) is 6.82. The van der Waals surface area contributed by atoms with Gasteiger partial charge in [0, 0.05) is 19.2 Å². The largest absolute Gasteiger partial charge is 0.455 e. The molecule has 0 aliphatic carbocycles. The number of benzene rings is 1. The van der Waals surface area contributed by atoms with Crippen LogP contribution in [0.2, 0.25) is 0 Å². The Hall–Kier alpha value is -3.74. The van der Waals surface area contributed by atoms with Gasteiger partial charge in [0.05, 0.1) is 11.0 Å².